The van der Waals surface area contributed by atoms with Gasteiger partial charge in [-0.25, -0.2) is 9.97 Å². The SMILES string of the molecule is C[NH2+]CCCNc1nc(CN2CCN(C(=O)c3ccccc3Oc3ccccc3)CC2)nc2ccccc12. The minimum absolute atomic E-state index is 0.00560. The Morgan fingerprint density at radius 2 is 1.66 bits per heavy atom. The van der Waals surface area contributed by atoms with Crippen molar-refractivity contribution in [1.29, 1.82) is 0 Å². The number of hydrogen-bond acceptors (Lipinski definition) is 6. The molecule has 5 rings (SSSR count). The molecule has 1 aliphatic rings. The summed E-state index contributed by atoms with van der Waals surface area (Å²) in [6, 6.07) is 25.2. The molecular weight excluding hydrogens is 476 g/mol. The highest BCUT2D eigenvalue weighted by atomic mass is 16.5. The van der Waals surface area contributed by atoms with Crippen molar-refractivity contribution in [2.24, 2.45) is 0 Å². The number of benzene rings is 3. The maximum absolute atomic E-state index is 13.4. The third-order valence-corrected chi connectivity index (χ3v) is 6.72. The summed E-state index contributed by atoms with van der Waals surface area (Å²) >= 11 is 0. The van der Waals surface area contributed by atoms with E-state index < -0.39 is 0 Å². The van der Waals surface area contributed by atoms with E-state index in [9.17, 15) is 4.79 Å². The molecule has 0 aliphatic carbocycles. The number of nitrogens with two attached hydrogens (primary N) is 1. The second-order valence-electron chi connectivity index (χ2n) is 9.46. The van der Waals surface area contributed by atoms with E-state index in [1.165, 1.54) is 0 Å². The monoisotopic (exact) mass is 511 g/mol. The number of rotatable bonds is 10. The lowest BCUT2D eigenvalue weighted by Gasteiger charge is -2.34. The van der Waals surface area contributed by atoms with Crippen LogP contribution in [0.25, 0.3) is 10.9 Å². The lowest BCUT2D eigenvalue weighted by atomic mass is 10.1. The summed E-state index contributed by atoms with van der Waals surface area (Å²) in [6.45, 7) is 5.42. The Hall–Kier alpha value is -4.01. The third-order valence-electron chi connectivity index (χ3n) is 6.72. The standard InChI is InChI=1S/C30H34N6O2/c1-31-16-9-17-32-29-24-12-5-7-14-26(24)33-28(34-29)22-35-18-20-36(21-19-35)30(37)25-13-6-8-15-27(25)38-23-10-3-2-4-11-23/h2-8,10-15,31H,9,16-22H2,1H3,(H,32,33,34)/p+1. The first kappa shape index (κ1) is 25.6. The first-order valence-corrected chi connectivity index (χ1v) is 13.3. The first-order chi connectivity index (χ1) is 18.7. The van der Waals surface area contributed by atoms with Gasteiger partial charge in [0.15, 0.2) is 0 Å². The summed E-state index contributed by atoms with van der Waals surface area (Å²) in [4.78, 5) is 27.3. The fraction of sp³-hybridized carbons (Fsp3) is 0.300. The normalized spacial score (nSPS) is 14.0. The van der Waals surface area contributed by atoms with Crippen LogP contribution in [-0.2, 0) is 6.54 Å². The van der Waals surface area contributed by atoms with Gasteiger partial charge < -0.3 is 20.3 Å². The Labute approximate surface area is 223 Å². The molecule has 38 heavy (non-hydrogen) atoms. The molecule has 0 unspecified atom stereocenters. The molecule has 2 heterocycles. The minimum Gasteiger partial charge on any atom is -0.457 e. The Morgan fingerprint density at radius 1 is 0.921 bits per heavy atom. The van der Waals surface area contributed by atoms with E-state index in [2.05, 4.69) is 28.6 Å². The molecular formula is C30H35N6O2+. The van der Waals surface area contributed by atoms with Crippen LogP contribution in [0.4, 0.5) is 5.82 Å². The van der Waals surface area contributed by atoms with Gasteiger partial charge >= 0.3 is 0 Å². The molecule has 8 nitrogen and oxygen atoms in total. The number of anilines is 1. The number of nitrogens with one attached hydrogen (secondary N) is 1. The molecule has 1 amide bonds. The molecule has 0 spiro atoms. The molecule has 196 valence electrons. The predicted octanol–water partition coefficient (Wildman–Crippen LogP) is 3.38. The molecule has 0 saturated carbocycles. The summed E-state index contributed by atoms with van der Waals surface area (Å²) in [5, 5.41) is 6.74. The molecule has 0 atom stereocenters. The van der Waals surface area contributed by atoms with Crippen LogP contribution in [0.15, 0.2) is 78.9 Å². The first-order valence-electron chi connectivity index (χ1n) is 13.3. The number of fused-ring (bicyclic) bond motifs is 1. The van der Waals surface area contributed by atoms with Gasteiger partial charge in [0, 0.05) is 44.5 Å². The number of carbonyl (C=O) groups is 1. The van der Waals surface area contributed by atoms with Crippen molar-refractivity contribution >= 4 is 22.6 Å². The lowest BCUT2D eigenvalue weighted by Crippen LogP contribution is -2.79. The van der Waals surface area contributed by atoms with Crippen molar-refractivity contribution in [1.82, 2.24) is 19.8 Å². The van der Waals surface area contributed by atoms with Gasteiger partial charge in [-0.05, 0) is 36.4 Å². The van der Waals surface area contributed by atoms with E-state index in [0.717, 1.165) is 55.1 Å². The van der Waals surface area contributed by atoms with Crippen molar-refractivity contribution in [2.45, 2.75) is 13.0 Å². The molecule has 8 heteroatoms. The van der Waals surface area contributed by atoms with Gasteiger partial charge in [-0.3, -0.25) is 9.69 Å². The van der Waals surface area contributed by atoms with Crippen LogP contribution in [0.5, 0.6) is 11.5 Å². The number of nitrogens with zero attached hydrogens (tertiary/aromatic N) is 4. The van der Waals surface area contributed by atoms with E-state index in [4.69, 9.17) is 14.7 Å². The number of quaternary nitrogens is 1. The van der Waals surface area contributed by atoms with Crippen LogP contribution < -0.4 is 15.4 Å². The number of amides is 1. The average molecular weight is 512 g/mol. The molecule has 3 aromatic carbocycles. The van der Waals surface area contributed by atoms with Crippen LogP contribution in [0, 0.1) is 0 Å². The van der Waals surface area contributed by atoms with Crippen LogP contribution >= 0.6 is 0 Å². The van der Waals surface area contributed by atoms with Crippen molar-refractivity contribution < 1.29 is 14.8 Å². The lowest BCUT2D eigenvalue weighted by molar-refractivity contribution is -0.626. The van der Waals surface area contributed by atoms with E-state index >= 15 is 0 Å². The molecule has 1 aliphatic heterocycles. The Morgan fingerprint density at radius 3 is 2.47 bits per heavy atom. The molecule has 0 bridgehead atoms. The van der Waals surface area contributed by atoms with E-state index in [1.54, 1.807) is 0 Å². The third kappa shape index (κ3) is 6.27. The smallest absolute Gasteiger partial charge is 0.257 e. The average Bonchev–Trinajstić information content (AvgIpc) is 2.96. The number of aromatic nitrogens is 2. The quantitative estimate of drug-likeness (QED) is 0.318. The Bertz CT molecular complexity index is 1360. The van der Waals surface area contributed by atoms with Gasteiger partial charge in [-0.15, -0.1) is 0 Å². The van der Waals surface area contributed by atoms with Gasteiger partial charge in [0.25, 0.3) is 5.91 Å². The second-order valence-corrected chi connectivity index (χ2v) is 9.46. The fourth-order valence-electron chi connectivity index (χ4n) is 4.67. The summed E-state index contributed by atoms with van der Waals surface area (Å²) in [7, 11) is 2.09. The zero-order valence-corrected chi connectivity index (χ0v) is 21.8. The highest BCUT2D eigenvalue weighted by Crippen LogP contribution is 2.27. The largest absolute Gasteiger partial charge is 0.457 e. The molecule has 3 N–H and O–H groups in total. The Balaban J connectivity index is 1.22. The van der Waals surface area contributed by atoms with Gasteiger partial charge in [0.05, 0.1) is 31.2 Å². The summed E-state index contributed by atoms with van der Waals surface area (Å²) < 4.78 is 6.03. The number of carbonyl (C=O) groups excluding carboxylic acids is 1. The highest BCUT2D eigenvalue weighted by Gasteiger charge is 2.25. The highest BCUT2D eigenvalue weighted by molar-refractivity contribution is 5.97. The van der Waals surface area contributed by atoms with Crippen LogP contribution in [0.2, 0.25) is 0 Å². The molecule has 1 aromatic heterocycles. The summed E-state index contributed by atoms with van der Waals surface area (Å²) in [5.74, 6) is 2.98. The molecule has 0 radical (unpaired) electrons. The zero-order chi connectivity index (χ0) is 26.2. The molecule has 1 fully saturated rings. The zero-order valence-electron chi connectivity index (χ0n) is 21.8. The number of hydrogen-bond donors (Lipinski definition) is 2. The van der Waals surface area contributed by atoms with Gasteiger partial charge in [0.1, 0.15) is 23.1 Å². The maximum Gasteiger partial charge on any atom is 0.257 e. The Kier molecular flexibility index (Phi) is 8.42. The predicted molar refractivity (Wildman–Crippen MR) is 149 cm³/mol. The maximum atomic E-state index is 13.4. The molecule has 1 saturated heterocycles. The van der Waals surface area contributed by atoms with E-state index in [1.807, 2.05) is 77.7 Å². The van der Waals surface area contributed by atoms with Crippen LogP contribution in [0.1, 0.15) is 22.6 Å². The topological polar surface area (TPSA) is 87.2 Å². The van der Waals surface area contributed by atoms with E-state index in [0.29, 0.717) is 36.7 Å². The van der Waals surface area contributed by atoms with E-state index in [-0.39, 0.29) is 5.91 Å². The van der Waals surface area contributed by atoms with Crippen molar-refractivity contribution in [3.05, 3.63) is 90.3 Å². The summed E-state index contributed by atoms with van der Waals surface area (Å²) in [5.41, 5.74) is 1.53. The summed E-state index contributed by atoms with van der Waals surface area (Å²) in [6.07, 6.45) is 1.07. The van der Waals surface area contributed by atoms with Crippen molar-refractivity contribution in [3.63, 3.8) is 0 Å². The van der Waals surface area contributed by atoms with Crippen molar-refractivity contribution in [3.8, 4) is 11.5 Å². The van der Waals surface area contributed by atoms with Crippen LogP contribution in [-0.4, -0.2) is 72.0 Å². The molecule has 4 aromatic rings. The fourth-order valence-corrected chi connectivity index (χ4v) is 4.67. The number of para-hydroxylation sites is 3. The van der Waals surface area contributed by atoms with Crippen LogP contribution in [0.3, 0.4) is 0 Å². The minimum atomic E-state index is -0.00560. The van der Waals surface area contributed by atoms with Gasteiger partial charge in [-0.2, -0.15) is 0 Å². The van der Waals surface area contributed by atoms with Gasteiger partial charge in [0.2, 0.25) is 0 Å². The second kappa shape index (κ2) is 12.5. The number of piperazine rings is 1. The van der Waals surface area contributed by atoms with Crippen molar-refractivity contribution in [2.75, 3.05) is 51.6 Å². The van der Waals surface area contributed by atoms with Gasteiger partial charge in [-0.1, -0.05) is 42.5 Å². The number of ether oxygens (including phenoxy) is 1.